The van der Waals surface area contributed by atoms with E-state index in [0.29, 0.717) is 18.3 Å². The fourth-order valence-electron chi connectivity index (χ4n) is 2.93. The second-order valence-corrected chi connectivity index (χ2v) is 7.87. The summed E-state index contributed by atoms with van der Waals surface area (Å²) < 4.78 is 32.3. The number of sulfonamides is 1. The van der Waals surface area contributed by atoms with Crippen molar-refractivity contribution in [2.45, 2.75) is 24.7 Å². The van der Waals surface area contributed by atoms with E-state index in [0.717, 1.165) is 26.1 Å². The van der Waals surface area contributed by atoms with Crippen molar-refractivity contribution in [3.8, 4) is 5.75 Å². The smallest absolute Gasteiger partial charge is 0.240 e. The number of nitrogens with one attached hydrogen (secondary N) is 2. The van der Waals surface area contributed by atoms with Gasteiger partial charge in [0.15, 0.2) is 0 Å². The number of ether oxygens (including phenoxy) is 1. The number of carbonyl (C=O) groups is 1. The Balaban J connectivity index is 0.00000338. The molecule has 1 saturated heterocycles. The van der Waals surface area contributed by atoms with Crippen LogP contribution in [0.4, 0.5) is 0 Å². The van der Waals surface area contributed by atoms with Crippen LogP contribution in [-0.4, -0.2) is 59.1 Å². The number of amides is 1. The molecule has 1 unspecified atom stereocenters. The summed E-state index contributed by atoms with van der Waals surface area (Å²) in [5.74, 6) is 1.10. The van der Waals surface area contributed by atoms with E-state index < -0.39 is 10.0 Å². The Morgan fingerprint density at radius 3 is 2.62 bits per heavy atom. The molecule has 1 atom stereocenters. The quantitative estimate of drug-likeness (QED) is 0.645. The molecule has 0 saturated carbocycles. The summed E-state index contributed by atoms with van der Waals surface area (Å²) in [5, 5.41) is 3.12. The van der Waals surface area contributed by atoms with E-state index in [-0.39, 0.29) is 36.2 Å². The summed E-state index contributed by atoms with van der Waals surface area (Å²) >= 11 is 0. The lowest BCUT2D eigenvalue weighted by atomic mass is 10.1. The summed E-state index contributed by atoms with van der Waals surface area (Å²) in [6, 6.07) is 6.24. The number of nitrogens with zero attached hydrogens (tertiary/aromatic N) is 1. The standard InChI is InChI=1S/C17H27N3O4S.ClH/c1-3-24-15-4-6-16(7-5-15)25(22,23)19-10-8-17(21)20-11-9-14(13-20)12-18-2;/h4-7,14,18-19H,3,8-13H2,1-2H3;1H. The van der Waals surface area contributed by atoms with Crippen molar-refractivity contribution >= 4 is 28.3 Å². The Morgan fingerprint density at radius 1 is 1.31 bits per heavy atom. The van der Waals surface area contributed by atoms with Gasteiger partial charge >= 0.3 is 0 Å². The molecule has 2 N–H and O–H groups in total. The molecule has 2 rings (SSSR count). The number of likely N-dealkylation sites (tertiary alicyclic amines) is 1. The Kier molecular flexibility index (Phi) is 9.35. The molecular weight excluding hydrogens is 378 g/mol. The molecule has 0 aliphatic carbocycles. The van der Waals surface area contributed by atoms with Gasteiger partial charge in [-0.1, -0.05) is 0 Å². The molecule has 0 spiro atoms. The predicted octanol–water partition coefficient (Wildman–Crippen LogP) is 1.24. The molecule has 1 fully saturated rings. The van der Waals surface area contributed by atoms with E-state index in [2.05, 4.69) is 10.0 Å². The Hall–Kier alpha value is -1.35. The van der Waals surface area contributed by atoms with Gasteiger partial charge in [-0.3, -0.25) is 4.79 Å². The van der Waals surface area contributed by atoms with E-state index in [1.54, 1.807) is 12.1 Å². The summed E-state index contributed by atoms with van der Waals surface area (Å²) in [6.07, 6.45) is 1.16. The minimum absolute atomic E-state index is 0. The van der Waals surface area contributed by atoms with Gasteiger partial charge in [0.05, 0.1) is 11.5 Å². The molecule has 1 aliphatic rings. The van der Waals surface area contributed by atoms with Crippen LogP contribution < -0.4 is 14.8 Å². The van der Waals surface area contributed by atoms with E-state index in [4.69, 9.17) is 4.74 Å². The highest BCUT2D eigenvalue weighted by Crippen LogP contribution is 2.17. The minimum atomic E-state index is -3.62. The van der Waals surface area contributed by atoms with Crippen molar-refractivity contribution in [1.29, 1.82) is 0 Å². The van der Waals surface area contributed by atoms with Crippen LogP contribution in [0.25, 0.3) is 0 Å². The minimum Gasteiger partial charge on any atom is -0.494 e. The molecule has 0 aromatic heterocycles. The molecule has 1 aromatic carbocycles. The van der Waals surface area contributed by atoms with E-state index >= 15 is 0 Å². The fraction of sp³-hybridized carbons (Fsp3) is 0.588. The maximum atomic E-state index is 12.3. The fourth-order valence-corrected chi connectivity index (χ4v) is 3.96. The van der Waals surface area contributed by atoms with Gasteiger partial charge in [-0.15, -0.1) is 12.4 Å². The van der Waals surface area contributed by atoms with Crippen LogP contribution in [-0.2, 0) is 14.8 Å². The van der Waals surface area contributed by atoms with Crippen molar-refractivity contribution in [1.82, 2.24) is 14.9 Å². The van der Waals surface area contributed by atoms with Gasteiger partial charge in [-0.05, 0) is 57.1 Å². The molecule has 9 heteroatoms. The van der Waals surface area contributed by atoms with Gasteiger partial charge < -0.3 is 15.0 Å². The molecule has 1 aromatic rings. The lowest BCUT2D eigenvalue weighted by Crippen LogP contribution is -2.34. The van der Waals surface area contributed by atoms with E-state index in [1.165, 1.54) is 12.1 Å². The lowest BCUT2D eigenvalue weighted by Gasteiger charge is -2.16. The molecule has 26 heavy (non-hydrogen) atoms. The highest BCUT2D eigenvalue weighted by molar-refractivity contribution is 7.89. The first kappa shape index (κ1) is 22.7. The van der Waals surface area contributed by atoms with Crippen LogP contribution >= 0.6 is 12.4 Å². The summed E-state index contributed by atoms with van der Waals surface area (Å²) in [7, 11) is -1.71. The Morgan fingerprint density at radius 2 is 2.00 bits per heavy atom. The number of halogens is 1. The lowest BCUT2D eigenvalue weighted by molar-refractivity contribution is -0.130. The Labute approximate surface area is 161 Å². The molecule has 1 heterocycles. The van der Waals surface area contributed by atoms with Crippen molar-refractivity contribution in [2.75, 3.05) is 39.8 Å². The summed E-state index contributed by atoms with van der Waals surface area (Å²) in [5.41, 5.74) is 0. The zero-order valence-electron chi connectivity index (χ0n) is 15.2. The second-order valence-electron chi connectivity index (χ2n) is 6.10. The topological polar surface area (TPSA) is 87.7 Å². The zero-order valence-corrected chi connectivity index (χ0v) is 16.9. The van der Waals surface area contributed by atoms with Crippen molar-refractivity contribution in [3.63, 3.8) is 0 Å². The van der Waals surface area contributed by atoms with Gasteiger partial charge in [-0.2, -0.15) is 0 Å². The average molecular weight is 406 g/mol. The number of carbonyl (C=O) groups excluding carboxylic acids is 1. The van der Waals surface area contributed by atoms with Crippen LogP contribution in [0, 0.1) is 5.92 Å². The third-order valence-corrected chi connectivity index (χ3v) is 5.68. The van der Waals surface area contributed by atoms with E-state index in [1.807, 2.05) is 18.9 Å². The number of hydrogen-bond acceptors (Lipinski definition) is 5. The highest BCUT2D eigenvalue weighted by atomic mass is 35.5. The number of rotatable bonds is 9. The van der Waals surface area contributed by atoms with Crippen LogP contribution in [0.1, 0.15) is 19.8 Å². The zero-order chi connectivity index (χ0) is 18.3. The maximum Gasteiger partial charge on any atom is 0.240 e. The van der Waals surface area contributed by atoms with Gasteiger partial charge in [0.25, 0.3) is 0 Å². The molecule has 1 aliphatic heterocycles. The molecule has 0 bridgehead atoms. The second kappa shape index (κ2) is 10.7. The third kappa shape index (κ3) is 6.42. The SMILES string of the molecule is CCOc1ccc(S(=O)(=O)NCCC(=O)N2CCC(CNC)C2)cc1.Cl. The predicted molar refractivity (Wildman–Crippen MR) is 103 cm³/mol. The largest absolute Gasteiger partial charge is 0.494 e. The summed E-state index contributed by atoms with van der Waals surface area (Å²) in [6.45, 7) is 4.88. The first-order chi connectivity index (χ1) is 12.0. The molecule has 1 amide bonds. The van der Waals surface area contributed by atoms with Crippen LogP contribution in [0.3, 0.4) is 0 Å². The molecular formula is C17H28ClN3O4S. The van der Waals surface area contributed by atoms with Crippen molar-refractivity contribution < 1.29 is 17.9 Å². The van der Waals surface area contributed by atoms with Crippen LogP contribution in [0.15, 0.2) is 29.2 Å². The third-order valence-electron chi connectivity index (χ3n) is 4.21. The van der Waals surface area contributed by atoms with Crippen molar-refractivity contribution in [3.05, 3.63) is 24.3 Å². The first-order valence-corrected chi connectivity index (χ1v) is 10.1. The average Bonchev–Trinajstić information content (AvgIpc) is 3.04. The normalized spacial score (nSPS) is 17.0. The Bertz CT molecular complexity index is 667. The van der Waals surface area contributed by atoms with Gasteiger partial charge in [0.2, 0.25) is 15.9 Å². The molecule has 148 valence electrons. The number of hydrogen-bond donors (Lipinski definition) is 2. The monoisotopic (exact) mass is 405 g/mol. The van der Waals surface area contributed by atoms with Gasteiger partial charge in [-0.25, -0.2) is 13.1 Å². The highest BCUT2D eigenvalue weighted by Gasteiger charge is 2.25. The van der Waals surface area contributed by atoms with Crippen LogP contribution in [0.2, 0.25) is 0 Å². The molecule has 0 radical (unpaired) electrons. The number of benzene rings is 1. The van der Waals surface area contributed by atoms with Gasteiger partial charge in [0.1, 0.15) is 5.75 Å². The van der Waals surface area contributed by atoms with Gasteiger partial charge in [0, 0.05) is 26.1 Å². The molecule has 7 nitrogen and oxygen atoms in total. The van der Waals surface area contributed by atoms with Crippen LogP contribution in [0.5, 0.6) is 5.75 Å². The van der Waals surface area contributed by atoms with Crippen molar-refractivity contribution in [2.24, 2.45) is 5.92 Å². The maximum absolute atomic E-state index is 12.3. The summed E-state index contributed by atoms with van der Waals surface area (Å²) in [4.78, 5) is 14.2. The first-order valence-electron chi connectivity index (χ1n) is 8.61. The van der Waals surface area contributed by atoms with E-state index in [9.17, 15) is 13.2 Å².